The zero-order chi connectivity index (χ0) is 17.0. The van der Waals surface area contributed by atoms with Crippen LogP contribution < -0.4 is 10.1 Å². The standard InChI is InChI=1S/C17H19NO5/c1-10(6-16(19)18-5-4-17(20)21)12-7-13-11(2)9-23-15(13)8-14(12)22-3/h6-9H,4-5H2,1-3H3,(H,18,19)(H,20,21)/b10-6+. The highest BCUT2D eigenvalue weighted by Crippen LogP contribution is 2.33. The minimum atomic E-state index is -0.950. The summed E-state index contributed by atoms with van der Waals surface area (Å²) in [5, 5.41) is 12.1. The Labute approximate surface area is 133 Å². The Morgan fingerprint density at radius 1 is 1.39 bits per heavy atom. The lowest BCUT2D eigenvalue weighted by Gasteiger charge is -2.09. The Balaban J connectivity index is 2.26. The summed E-state index contributed by atoms with van der Waals surface area (Å²) in [6, 6.07) is 3.71. The van der Waals surface area contributed by atoms with Crippen molar-refractivity contribution >= 4 is 28.4 Å². The first-order valence-electron chi connectivity index (χ1n) is 7.16. The molecule has 6 heteroatoms. The Kier molecular flexibility index (Phi) is 5.05. The molecule has 0 radical (unpaired) electrons. The SMILES string of the molecule is COc1cc2occ(C)c2cc1/C(C)=C/C(=O)NCCC(=O)O. The number of allylic oxidation sites excluding steroid dienone is 1. The van der Waals surface area contributed by atoms with Gasteiger partial charge in [0.15, 0.2) is 0 Å². The molecule has 0 saturated heterocycles. The van der Waals surface area contributed by atoms with Gasteiger partial charge in [-0.2, -0.15) is 0 Å². The predicted octanol–water partition coefficient (Wildman–Crippen LogP) is 2.74. The van der Waals surface area contributed by atoms with Crippen molar-refractivity contribution in [2.45, 2.75) is 20.3 Å². The molecule has 1 heterocycles. The van der Waals surface area contributed by atoms with Crippen LogP contribution in [0.1, 0.15) is 24.5 Å². The van der Waals surface area contributed by atoms with Crippen LogP contribution in [0.3, 0.4) is 0 Å². The molecule has 1 aromatic carbocycles. The number of benzene rings is 1. The van der Waals surface area contributed by atoms with Crippen LogP contribution in [0.25, 0.3) is 16.5 Å². The van der Waals surface area contributed by atoms with Crippen molar-refractivity contribution < 1.29 is 23.8 Å². The van der Waals surface area contributed by atoms with Crippen LogP contribution in [-0.4, -0.2) is 30.6 Å². The maximum Gasteiger partial charge on any atom is 0.305 e. The molecular formula is C17H19NO5. The summed E-state index contributed by atoms with van der Waals surface area (Å²) in [5.74, 6) is -0.678. The van der Waals surface area contributed by atoms with Gasteiger partial charge in [0.05, 0.1) is 19.8 Å². The third kappa shape index (κ3) is 3.91. The van der Waals surface area contributed by atoms with Crippen molar-refractivity contribution in [3.05, 3.63) is 35.6 Å². The highest BCUT2D eigenvalue weighted by Gasteiger charge is 2.12. The van der Waals surface area contributed by atoms with Crippen molar-refractivity contribution in [3.8, 4) is 5.75 Å². The number of furan rings is 1. The molecular weight excluding hydrogens is 298 g/mol. The number of carbonyl (C=O) groups excluding carboxylic acids is 1. The number of hydrogen-bond donors (Lipinski definition) is 2. The molecule has 2 N–H and O–H groups in total. The normalized spacial score (nSPS) is 11.5. The van der Waals surface area contributed by atoms with Gasteiger partial charge in [-0.25, -0.2) is 0 Å². The molecule has 0 unspecified atom stereocenters. The van der Waals surface area contributed by atoms with E-state index in [1.54, 1.807) is 26.4 Å². The van der Waals surface area contributed by atoms with E-state index in [9.17, 15) is 9.59 Å². The summed E-state index contributed by atoms with van der Waals surface area (Å²) in [5.41, 5.74) is 3.24. The van der Waals surface area contributed by atoms with Crippen LogP contribution in [0, 0.1) is 6.92 Å². The van der Waals surface area contributed by atoms with Gasteiger partial charge in [-0.1, -0.05) is 0 Å². The van der Waals surface area contributed by atoms with E-state index in [-0.39, 0.29) is 18.9 Å². The number of nitrogens with one attached hydrogen (secondary N) is 1. The first-order valence-corrected chi connectivity index (χ1v) is 7.16. The second kappa shape index (κ2) is 7.00. The minimum Gasteiger partial charge on any atom is -0.496 e. The van der Waals surface area contributed by atoms with E-state index in [0.717, 1.165) is 27.7 Å². The number of fused-ring (bicyclic) bond motifs is 1. The third-order valence-corrected chi connectivity index (χ3v) is 3.50. The van der Waals surface area contributed by atoms with Gasteiger partial charge in [0.2, 0.25) is 5.91 Å². The van der Waals surface area contributed by atoms with Gasteiger partial charge in [-0.05, 0) is 31.1 Å². The van der Waals surface area contributed by atoms with Crippen LogP contribution in [0.4, 0.5) is 0 Å². The molecule has 122 valence electrons. The third-order valence-electron chi connectivity index (χ3n) is 3.50. The van der Waals surface area contributed by atoms with Crippen LogP contribution in [0.15, 0.2) is 28.9 Å². The van der Waals surface area contributed by atoms with Crippen LogP contribution in [-0.2, 0) is 9.59 Å². The van der Waals surface area contributed by atoms with E-state index in [1.165, 1.54) is 6.08 Å². The van der Waals surface area contributed by atoms with Crippen LogP contribution >= 0.6 is 0 Å². The summed E-state index contributed by atoms with van der Waals surface area (Å²) >= 11 is 0. The molecule has 23 heavy (non-hydrogen) atoms. The number of carboxylic acids is 1. The molecule has 0 atom stereocenters. The summed E-state index contributed by atoms with van der Waals surface area (Å²) < 4.78 is 10.8. The molecule has 0 saturated carbocycles. The zero-order valence-corrected chi connectivity index (χ0v) is 13.3. The second-order valence-electron chi connectivity index (χ2n) is 5.23. The quantitative estimate of drug-likeness (QED) is 0.800. The highest BCUT2D eigenvalue weighted by atomic mass is 16.5. The van der Waals surface area contributed by atoms with Crippen molar-refractivity contribution in [3.63, 3.8) is 0 Å². The number of amides is 1. The van der Waals surface area contributed by atoms with Gasteiger partial charge in [-0.15, -0.1) is 0 Å². The second-order valence-corrected chi connectivity index (χ2v) is 5.23. The number of hydrogen-bond acceptors (Lipinski definition) is 4. The Morgan fingerprint density at radius 3 is 2.78 bits per heavy atom. The highest BCUT2D eigenvalue weighted by molar-refractivity contribution is 5.97. The van der Waals surface area contributed by atoms with Crippen LogP contribution in [0.5, 0.6) is 5.75 Å². The molecule has 1 amide bonds. The lowest BCUT2D eigenvalue weighted by atomic mass is 10.0. The lowest BCUT2D eigenvalue weighted by molar-refractivity contribution is -0.136. The number of aryl methyl sites for hydroxylation is 1. The molecule has 0 aliphatic carbocycles. The van der Waals surface area contributed by atoms with Gasteiger partial charge in [0.25, 0.3) is 0 Å². The summed E-state index contributed by atoms with van der Waals surface area (Å²) in [6.07, 6.45) is 2.99. The molecule has 0 spiro atoms. The zero-order valence-electron chi connectivity index (χ0n) is 13.3. The number of methoxy groups -OCH3 is 1. The molecule has 0 fully saturated rings. The predicted molar refractivity (Wildman–Crippen MR) is 86.4 cm³/mol. The fraction of sp³-hybridized carbons (Fsp3) is 0.294. The Bertz CT molecular complexity index is 773. The van der Waals surface area contributed by atoms with E-state index in [1.807, 2.05) is 13.0 Å². The smallest absolute Gasteiger partial charge is 0.305 e. The van der Waals surface area contributed by atoms with Crippen LogP contribution in [0.2, 0.25) is 0 Å². The molecule has 0 aliphatic heterocycles. The van der Waals surface area contributed by atoms with E-state index >= 15 is 0 Å². The number of carboxylic acid groups (broad SMARTS) is 1. The van der Waals surface area contributed by atoms with Gasteiger partial charge in [0.1, 0.15) is 11.3 Å². The van der Waals surface area contributed by atoms with Crippen molar-refractivity contribution in [2.24, 2.45) is 0 Å². The Hall–Kier alpha value is -2.76. The molecule has 0 aliphatic rings. The van der Waals surface area contributed by atoms with E-state index in [4.69, 9.17) is 14.3 Å². The van der Waals surface area contributed by atoms with E-state index in [2.05, 4.69) is 5.32 Å². The largest absolute Gasteiger partial charge is 0.496 e. The maximum atomic E-state index is 11.8. The Morgan fingerprint density at radius 2 is 2.13 bits per heavy atom. The molecule has 6 nitrogen and oxygen atoms in total. The number of rotatable bonds is 6. The fourth-order valence-electron chi connectivity index (χ4n) is 2.28. The summed E-state index contributed by atoms with van der Waals surface area (Å²) in [6.45, 7) is 3.84. The maximum absolute atomic E-state index is 11.8. The molecule has 2 aromatic rings. The van der Waals surface area contributed by atoms with Crippen molar-refractivity contribution in [1.29, 1.82) is 0 Å². The first-order chi connectivity index (χ1) is 10.9. The van der Waals surface area contributed by atoms with Gasteiger partial charge in [0, 0.05) is 29.6 Å². The average Bonchev–Trinajstić information content (AvgIpc) is 2.86. The summed E-state index contributed by atoms with van der Waals surface area (Å²) in [7, 11) is 1.56. The minimum absolute atomic E-state index is 0.0922. The molecule has 1 aromatic heterocycles. The van der Waals surface area contributed by atoms with Crippen molar-refractivity contribution in [2.75, 3.05) is 13.7 Å². The van der Waals surface area contributed by atoms with E-state index in [0.29, 0.717) is 5.75 Å². The average molecular weight is 317 g/mol. The molecule has 0 bridgehead atoms. The lowest BCUT2D eigenvalue weighted by Crippen LogP contribution is -2.24. The van der Waals surface area contributed by atoms with Gasteiger partial charge in [-0.3, -0.25) is 9.59 Å². The number of carbonyl (C=O) groups is 2. The first kappa shape index (κ1) is 16.6. The summed E-state index contributed by atoms with van der Waals surface area (Å²) in [4.78, 5) is 22.3. The monoisotopic (exact) mass is 317 g/mol. The number of aliphatic carboxylic acids is 1. The van der Waals surface area contributed by atoms with Gasteiger partial charge >= 0.3 is 5.97 Å². The topological polar surface area (TPSA) is 88.8 Å². The van der Waals surface area contributed by atoms with Gasteiger partial charge < -0.3 is 19.6 Å². The molecule has 2 rings (SSSR count). The number of ether oxygens (including phenoxy) is 1. The van der Waals surface area contributed by atoms with E-state index < -0.39 is 5.97 Å². The fourth-order valence-corrected chi connectivity index (χ4v) is 2.28. The van der Waals surface area contributed by atoms with Crippen molar-refractivity contribution in [1.82, 2.24) is 5.32 Å².